The van der Waals surface area contributed by atoms with Gasteiger partial charge in [-0.1, -0.05) is 13.3 Å². The van der Waals surface area contributed by atoms with E-state index in [1.807, 2.05) is 0 Å². The smallest absolute Gasteiger partial charge is 0.322 e. The fourth-order valence-electron chi connectivity index (χ4n) is 1.67. The lowest BCUT2D eigenvalue weighted by Crippen LogP contribution is -2.53. The highest BCUT2D eigenvalue weighted by Gasteiger charge is 2.50. The molecule has 0 amide bonds. The third-order valence-corrected chi connectivity index (χ3v) is 2.71. The minimum absolute atomic E-state index is 0.210. The Labute approximate surface area is 87.5 Å². The predicted molar refractivity (Wildman–Crippen MR) is 52.7 cm³/mol. The highest BCUT2D eigenvalue weighted by molar-refractivity contribution is 5.81. The maximum Gasteiger partial charge on any atom is 0.322 e. The number of hydrogen-bond acceptors (Lipinski definition) is 3. The molecule has 5 nitrogen and oxygen atoms in total. The molecule has 0 spiro atoms. The van der Waals surface area contributed by atoms with Gasteiger partial charge >= 0.3 is 5.97 Å². The summed E-state index contributed by atoms with van der Waals surface area (Å²) < 4.78 is 4.98. The average molecular weight is 210 g/mol. The van der Waals surface area contributed by atoms with Gasteiger partial charge in [-0.2, -0.15) is 0 Å². The Hall–Kier alpha value is -1.36. The number of carbonyl (C=O) groups is 1. The first kappa shape index (κ1) is 10.2. The number of carboxylic acid groups (broad SMARTS) is 1. The third kappa shape index (κ3) is 1.52. The SMILES string of the molecule is CCCc1cnc(C2(C(=O)O)COC2)[nH]1. The number of ether oxygens (including phenoxy) is 1. The van der Waals surface area contributed by atoms with Crippen molar-refractivity contribution in [2.24, 2.45) is 0 Å². The molecule has 0 aromatic carbocycles. The van der Waals surface area contributed by atoms with E-state index in [-0.39, 0.29) is 13.2 Å². The van der Waals surface area contributed by atoms with Crippen molar-refractivity contribution in [1.82, 2.24) is 9.97 Å². The minimum Gasteiger partial charge on any atom is -0.480 e. The molecule has 1 aromatic rings. The van der Waals surface area contributed by atoms with Crippen LogP contribution in [0.4, 0.5) is 0 Å². The quantitative estimate of drug-likeness (QED) is 0.767. The van der Waals surface area contributed by atoms with Gasteiger partial charge in [-0.25, -0.2) is 4.98 Å². The Bertz CT molecular complexity index is 368. The first-order valence-electron chi connectivity index (χ1n) is 5.04. The standard InChI is InChI=1S/C10H14N2O3/c1-2-3-7-4-11-8(12-7)10(9(13)14)5-15-6-10/h4H,2-3,5-6H2,1H3,(H,11,12)(H,13,14). The lowest BCUT2D eigenvalue weighted by Gasteiger charge is -2.35. The number of nitrogens with one attached hydrogen (secondary N) is 1. The van der Waals surface area contributed by atoms with Crippen LogP contribution in [0.25, 0.3) is 0 Å². The van der Waals surface area contributed by atoms with Gasteiger partial charge in [-0.05, 0) is 6.42 Å². The molecule has 1 aromatic heterocycles. The van der Waals surface area contributed by atoms with Gasteiger partial charge < -0.3 is 14.8 Å². The lowest BCUT2D eigenvalue weighted by atomic mass is 9.85. The molecule has 0 aliphatic carbocycles. The van der Waals surface area contributed by atoms with Crippen LogP contribution in [0.15, 0.2) is 6.20 Å². The number of aromatic nitrogens is 2. The fraction of sp³-hybridized carbons (Fsp3) is 0.600. The summed E-state index contributed by atoms with van der Waals surface area (Å²) in [5.74, 6) is -0.351. The van der Waals surface area contributed by atoms with Crippen molar-refractivity contribution < 1.29 is 14.6 Å². The number of carboxylic acids is 1. The van der Waals surface area contributed by atoms with Crippen molar-refractivity contribution in [3.05, 3.63) is 17.7 Å². The number of aromatic amines is 1. The Balaban J connectivity index is 2.23. The van der Waals surface area contributed by atoms with Crippen molar-refractivity contribution in [2.75, 3.05) is 13.2 Å². The van der Waals surface area contributed by atoms with Gasteiger partial charge in [0.25, 0.3) is 0 Å². The van der Waals surface area contributed by atoms with Gasteiger partial charge in [0.05, 0.1) is 13.2 Å². The van der Waals surface area contributed by atoms with E-state index in [0.717, 1.165) is 18.5 Å². The van der Waals surface area contributed by atoms with Gasteiger partial charge in [-0.3, -0.25) is 4.79 Å². The first-order chi connectivity index (χ1) is 7.19. The molecule has 82 valence electrons. The lowest BCUT2D eigenvalue weighted by molar-refractivity contribution is -0.163. The Kier molecular flexibility index (Phi) is 2.48. The van der Waals surface area contributed by atoms with Crippen LogP contribution >= 0.6 is 0 Å². The molecule has 15 heavy (non-hydrogen) atoms. The maximum absolute atomic E-state index is 11.1. The number of rotatable bonds is 4. The Morgan fingerprint density at radius 1 is 1.73 bits per heavy atom. The summed E-state index contributed by atoms with van der Waals surface area (Å²) in [7, 11) is 0. The highest BCUT2D eigenvalue weighted by atomic mass is 16.5. The maximum atomic E-state index is 11.1. The highest BCUT2D eigenvalue weighted by Crippen LogP contribution is 2.30. The van der Waals surface area contributed by atoms with Gasteiger partial charge in [0.15, 0.2) is 5.41 Å². The molecule has 0 unspecified atom stereocenters. The van der Waals surface area contributed by atoms with E-state index < -0.39 is 11.4 Å². The van der Waals surface area contributed by atoms with Gasteiger partial charge in [0.1, 0.15) is 5.82 Å². The summed E-state index contributed by atoms with van der Waals surface area (Å²) in [4.78, 5) is 18.3. The van der Waals surface area contributed by atoms with Crippen LogP contribution in [0.1, 0.15) is 24.9 Å². The van der Waals surface area contributed by atoms with Crippen LogP contribution in [0.3, 0.4) is 0 Å². The number of H-pyrrole nitrogens is 1. The summed E-state index contributed by atoms with van der Waals surface area (Å²) in [6.07, 6.45) is 3.61. The molecule has 0 saturated carbocycles. The largest absolute Gasteiger partial charge is 0.480 e. The number of imidazole rings is 1. The van der Waals surface area contributed by atoms with E-state index in [2.05, 4.69) is 16.9 Å². The molecule has 1 fully saturated rings. The van der Waals surface area contributed by atoms with E-state index in [1.165, 1.54) is 0 Å². The summed E-state index contributed by atoms with van der Waals surface area (Å²) in [5.41, 5.74) is 0.0476. The summed E-state index contributed by atoms with van der Waals surface area (Å²) >= 11 is 0. The van der Waals surface area contributed by atoms with Crippen molar-refractivity contribution in [3.8, 4) is 0 Å². The topological polar surface area (TPSA) is 75.2 Å². The predicted octanol–water partition coefficient (Wildman–Crippen LogP) is 0.715. The molecule has 0 radical (unpaired) electrons. The van der Waals surface area contributed by atoms with Gasteiger partial charge in [0.2, 0.25) is 0 Å². The monoisotopic (exact) mass is 210 g/mol. The second-order valence-corrected chi connectivity index (χ2v) is 3.89. The van der Waals surface area contributed by atoms with E-state index in [9.17, 15) is 4.79 Å². The van der Waals surface area contributed by atoms with Crippen molar-refractivity contribution in [3.63, 3.8) is 0 Å². The molecule has 1 aliphatic heterocycles. The van der Waals surface area contributed by atoms with E-state index >= 15 is 0 Å². The zero-order valence-electron chi connectivity index (χ0n) is 8.62. The summed E-state index contributed by atoms with van der Waals surface area (Å²) in [6, 6.07) is 0. The second-order valence-electron chi connectivity index (χ2n) is 3.89. The molecule has 5 heteroatoms. The third-order valence-electron chi connectivity index (χ3n) is 2.71. The molecule has 2 heterocycles. The Morgan fingerprint density at radius 2 is 2.47 bits per heavy atom. The second kappa shape index (κ2) is 3.66. The molecule has 1 aliphatic rings. The van der Waals surface area contributed by atoms with Crippen LogP contribution in [-0.2, 0) is 21.4 Å². The Morgan fingerprint density at radius 3 is 2.93 bits per heavy atom. The van der Waals surface area contributed by atoms with E-state index in [4.69, 9.17) is 9.84 Å². The zero-order valence-corrected chi connectivity index (χ0v) is 8.62. The molecule has 1 saturated heterocycles. The molecule has 2 N–H and O–H groups in total. The normalized spacial score (nSPS) is 18.5. The van der Waals surface area contributed by atoms with Crippen LogP contribution in [-0.4, -0.2) is 34.3 Å². The summed E-state index contributed by atoms with van der Waals surface area (Å²) in [5, 5.41) is 9.14. The minimum atomic E-state index is -0.939. The molecule has 0 atom stereocenters. The number of aliphatic carboxylic acids is 1. The van der Waals surface area contributed by atoms with Crippen molar-refractivity contribution in [2.45, 2.75) is 25.2 Å². The van der Waals surface area contributed by atoms with Gasteiger partial charge in [0, 0.05) is 11.9 Å². The fourth-order valence-corrected chi connectivity index (χ4v) is 1.67. The molecular formula is C10H14N2O3. The van der Waals surface area contributed by atoms with Crippen LogP contribution in [0.5, 0.6) is 0 Å². The number of nitrogens with zero attached hydrogens (tertiary/aromatic N) is 1. The van der Waals surface area contributed by atoms with E-state index in [1.54, 1.807) is 6.20 Å². The zero-order chi connectivity index (χ0) is 10.9. The summed E-state index contributed by atoms with van der Waals surface area (Å²) in [6.45, 7) is 2.49. The molecule has 0 bridgehead atoms. The van der Waals surface area contributed by atoms with Gasteiger partial charge in [-0.15, -0.1) is 0 Å². The van der Waals surface area contributed by atoms with Crippen LogP contribution < -0.4 is 0 Å². The van der Waals surface area contributed by atoms with Crippen LogP contribution in [0.2, 0.25) is 0 Å². The molecular weight excluding hydrogens is 196 g/mol. The first-order valence-corrected chi connectivity index (χ1v) is 5.04. The number of aryl methyl sites for hydroxylation is 1. The molecule has 2 rings (SSSR count). The van der Waals surface area contributed by atoms with Crippen LogP contribution in [0, 0.1) is 0 Å². The average Bonchev–Trinajstić information content (AvgIpc) is 2.51. The van der Waals surface area contributed by atoms with Crippen molar-refractivity contribution in [1.29, 1.82) is 0 Å². The van der Waals surface area contributed by atoms with E-state index in [0.29, 0.717) is 5.82 Å². The van der Waals surface area contributed by atoms with Crippen molar-refractivity contribution >= 4 is 5.97 Å². The number of hydrogen-bond donors (Lipinski definition) is 2.